The quantitative estimate of drug-likeness (QED) is 0.782. The van der Waals surface area contributed by atoms with Crippen LogP contribution in [0.5, 0.6) is 0 Å². The van der Waals surface area contributed by atoms with E-state index in [1.807, 2.05) is 31.3 Å². The first-order valence-corrected chi connectivity index (χ1v) is 5.18. The Morgan fingerprint density at radius 2 is 2.41 bits per heavy atom. The molecule has 2 rings (SSSR count). The summed E-state index contributed by atoms with van der Waals surface area (Å²) in [5.41, 5.74) is 1.37. The average Bonchev–Trinajstić information content (AvgIpc) is 2.38. The molecular formula is C12H12N4O. The highest BCUT2D eigenvalue weighted by atomic mass is 16.5. The molecule has 0 aromatic carbocycles. The highest BCUT2D eigenvalue weighted by Crippen LogP contribution is 2.10. The largest absolute Gasteiger partial charge is 0.336 e. The van der Waals surface area contributed by atoms with Crippen molar-refractivity contribution in [3.8, 4) is 6.07 Å². The molecule has 1 aromatic rings. The van der Waals surface area contributed by atoms with E-state index in [0.717, 1.165) is 5.69 Å². The van der Waals surface area contributed by atoms with E-state index >= 15 is 0 Å². The second-order valence-electron chi connectivity index (χ2n) is 3.60. The van der Waals surface area contributed by atoms with Crippen molar-refractivity contribution in [2.24, 2.45) is 4.99 Å². The molecule has 0 spiro atoms. The van der Waals surface area contributed by atoms with E-state index in [9.17, 15) is 0 Å². The van der Waals surface area contributed by atoms with Gasteiger partial charge in [0.05, 0.1) is 17.9 Å². The van der Waals surface area contributed by atoms with Crippen LogP contribution in [0.1, 0.15) is 5.69 Å². The maximum atomic E-state index is 8.72. The molecule has 1 aliphatic rings. The second kappa shape index (κ2) is 5.23. The second-order valence-corrected chi connectivity index (χ2v) is 3.60. The van der Waals surface area contributed by atoms with Gasteiger partial charge in [0.25, 0.3) is 0 Å². The summed E-state index contributed by atoms with van der Waals surface area (Å²) in [7, 11) is 1.82. The molecule has 86 valence electrons. The Labute approximate surface area is 99.7 Å². The predicted octanol–water partition coefficient (Wildman–Crippen LogP) is 1.31. The molecule has 0 aliphatic carbocycles. The van der Waals surface area contributed by atoms with Crippen LogP contribution in [0.2, 0.25) is 0 Å². The van der Waals surface area contributed by atoms with Crippen molar-refractivity contribution in [2.75, 3.05) is 7.05 Å². The third-order valence-corrected chi connectivity index (χ3v) is 2.27. The van der Waals surface area contributed by atoms with Gasteiger partial charge >= 0.3 is 0 Å². The topological polar surface area (TPSA) is 61.5 Å². The summed E-state index contributed by atoms with van der Waals surface area (Å²) in [4.78, 5) is 10.0. The third-order valence-electron chi connectivity index (χ3n) is 2.27. The molecule has 0 saturated carbocycles. The van der Waals surface area contributed by atoms with Gasteiger partial charge in [0.2, 0.25) is 6.35 Å². The SMILES string of the molecule is CN1C=C(C#N)C=NC1OCc1ccccn1. The molecule has 0 bridgehead atoms. The van der Waals surface area contributed by atoms with Crippen molar-refractivity contribution in [3.63, 3.8) is 0 Å². The maximum Gasteiger partial charge on any atom is 0.227 e. The first kappa shape index (κ1) is 11.3. The average molecular weight is 228 g/mol. The van der Waals surface area contributed by atoms with Crippen LogP contribution >= 0.6 is 0 Å². The molecule has 1 aromatic heterocycles. The van der Waals surface area contributed by atoms with Crippen LogP contribution < -0.4 is 0 Å². The number of aromatic nitrogens is 1. The van der Waals surface area contributed by atoms with E-state index in [2.05, 4.69) is 9.98 Å². The summed E-state index contributed by atoms with van der Waals surface area (Å²) in [6, 6.07) is 7.69. The van der Waals surface area contributed by atoms with Gasteiger partial charge in [-0.1, -0.05) is 6.07 Å². The molecular weight excluding hydrogens is 216 g/mol. The van der Waals surface area contributed by atoms with Crippen LogP contribution in [0.15, 0.2) is 41.2 Å². The van der Waals surface area contributed by atoms with Gasteiger partial charge in [-0.25, -0.2) is 4.99 Å². The monoisotopic (exact) mass is 228 g/mol. The minimum Gasteiger partial charge on any atom is -0.336 e. The van der Waals surface area contributed by atoms with E-state index in [0.29, 0.717) is 12.2 Å². The van der Waals surface area contributed by atoms with Gasteiger partial charge in [0.15, 0.2) is 0 Å². The molecule has 17 heavy (non-hydrogen) atoms. The van der Waals surface area contributed by atoms with Crippen LogP contribution in [-0.2, 0) is 11.3 Å². The molecule has 5 nitrogen and oxygen atoms in total. The number of pyridine rings is 1. The Bertz CT molecular complexity index is 475. The van der Waals surface area contributed by atoms with Crippen molar-refractivity contribution in [1.29, 1.82) is 5.26 Å². The van der Waals surface area contributed by atoms with Gasteiger partial charge in [0.1, 0.15) is 6.07 Å². The smallest absolute Gasteiger partial charge is 0.227 e. The normalized spacial score (nSPS) is 18.7. The Morgan fingerprint density at radius 3 is 3.06 bits per heavy atom. The molecule has 1 aliphatic heterocycles. The number of hydrogen-bond acceptors (Lipinski definition) is 5. The molecule has 5 heteroatoms. The number of aliphatic imine (C=N–C) groups is 1. The Kier molecular flexibility index (Phi) is 3.48. The van der Waals surface area contributed by atoms with E-state index in [-0.39, 0.29) is 0 Å². The minimum atomic E-state index is -0.394. The van der Waals surface area contributed by atoms with Crippen molar-refractivity contribution < 1.29 is 4.74 Å². The third kappa shape index (κ3) is 2.89. The van der Waals surface area contributed by atoms with Gasteiger partial charge in [-0.3, -0.25) is 4.98 Å². The minimum absolute atomic E-state index is 0.392. The van der Waals surface area contributed by atoms with Crippen molar-refractivity contribution in [1.82, 2.24) is 9.88 Å². The lowest BCUT2D eigenvalue weighted by Gasteiger charge is -2.25. The molecule has 2 heterocycles. The molecule has 0 amide bonds. The fourth-order valence-corrected chi connectivity index (χ4v) is 1.43. The zero-order valence-electron chi connectivity index (χ0n) is 9.45. The van der Waals surface area contributed by atoms with Crippen LogP contribution in [0.4, 0.5) is 0 Å². The highest BCUT2D eigenvalue weighted by Gasteiger charge is 2.15. The molecule has 1 unspecified atom stereocenters. The zero-order valence-corrected chi connectivity index (χ0v) is 9.45. The number of allylic oxidation sites excluding steroid dienone is 1. The molecule has 1 atom stereocenters. The van der Waals surface area contributed by atoms with Crippen LogP contribution in [0.25, 0.3) is 0 Å². The highest BCUT2D eigenvalue weighted by molar-refractivity contribution is 5.84. The standard InChI is InChI=1S/C12H12N4O/c1-16-8-10(6-13)7-15-12(16)17-9-11-4-2-3-5-14-11/h2-5,7-8,12H,9H2,1H3. The summed E-state index contributed by atoms with van der Waals surface area (Å²) < 4.78 is 5.59. The number of hydrogen-bond donors (Lipinski definition) is 0. The molecule has 0 saturated heterocycles. The van der Waals surface area contributed by atoms with E-state index in [1.54, 1.807) is 17.3 Å². The lowest BCUT2D eigenvalue weighted by Crippen LogP contribution is -2.31. The summed E-state index contributed by atoms with van der Waals surface area (Å²) in [6.07, 6.45) is 4.55. The van der Waals surface area contributed by atoms with Gasteiger partial charge in [0, 0.05) is 25.7 Å². The Balaban J connectivity index is 1.92. The van der Waals surface area contributed by atoms with Gasteiger partial charge in [-0.05, 0) is 12.1 Å². The van der Waals surface area contributed by atoms with Crippen molar-refractivity contribution in [2.45, 2.75) is 13.0 Å². The van der Waals surface area contributed by atoms with E-state index in [1.165, 1.54) is 6.21 Å². The number of nitrogens with zero attached hydrogens (tertiary/aromatic N) is 4. The molecule has 0 fully saturated rings. The van der Waals surface area contributed by atoms with Gasteiger partial charge in [-0.15, -0.1) is 0 Å². The summed E-state index contributed by atoms with van der Waals surface area (Å²) in [5, 5.41) is 8.72. The number of ether oxygens (including phenoxy) is 1. The van der Waals surface area contributed by atoms with Crippen molar-refractivity contribution >= 4 is 6.21 Å². The van der Waals surface area contributed by atoms with Crippen LogP contribution in [0, 0.1) is 11.3 Å². The van der Waals surface area contributed by atoms with Gasteiger partial charge < -0.3 is 9.64 Å². The van der Waals surface area contributed by atoms with Crippen LogP contribution in [0.3, 0.4) is 0 Å². The Morgan fingerprint density at radius 1 is 1.53 bits per heavy atom. The van der Waals surface area contributed by atoms with E-state index < -0.39 is 6.35 Å². The first-order valence-electron chi connectivity index (χ1n) is 5.18. The maximum absolute atomic E-state index is 8.72. The van der Waals surface area contributed by atoms with Crippen LogP contribution in [-0.4, -0.2) is 29.5 Å². The number of rotatable bonds is 3. The fourth-order valence-electron chi connectivity index (χ4n) is 1.43. The van der Waals surface area contributed by atoms with Gasteiger partial charge in [-0.2, -0.15) is 5.26 Å². The molecule has 0 N–H and O–H groups in total. The lowest BCUT2D eigenvalue weighted by atomic mass is 10.3. The first-order chi connectivity index (χ1) is 8.29. The summed E-state index contributed by atoms with van der Waals surface area (Å²) in [5.74, 6) is 0. The predicted molar refractivity (Wildman–Crippen MR) is 62.8 cm³/mol. The summed E-state index contributed by atoms with van der Waals surface area (Å²) >= 11 is 0. The summed E-state index contributed by atoms with van der Waals surface area (Å²) in [6.45, 7) is 0.392. The fraction of sp³-hybridized carbons (Fsp3) is 0.250. The number of nitriles is 1. The zero-order chi connectivity index (χ0) is 12.1. The Hall–Kier alpha value is -2.19. The van der Waals surface area contributed by atoms with E-state index in [4.69, 9.17) is 10.00 Å². The lowest BCUT2D eigenvalue weighted by molar-refractivity contribution is -0.0324. The molecule has 0 radical (unpaired) electrons. The van der Waals surface area contributed by atoms with Crippen molar-refractivity contribution in [3.05, 3.63) is 41.9 Å².